The lowest BCUT2D eigenvalue weighted by molar-refractivity contribution is -0.116. The second kappa shape index (κ2) is 6.35. The van der Waals surface area contributed by atoms with Crippen LogP contribution in [0.15, 0.2) is 24.5 Å². The molecule has 0 aromatic carbocycles. The zero-order valence-electron chi connectivity index (χ0n) is 11.9. The topological polar surface area (TPSA) is 45.2 Å². The van der Waals surface area contributed by atoms with Gasteiger partial charge in [-0.25, -0.2) is 0 Å². The molecule has 1 amide bonds. The van der Waals surface area contributed by atoms with Gasteiger partial charge in [-0.05, 0) is 43.2 Å². The fraction of sp³-hybridized carbons (Fsp3) is 0.625. The molecule has 1 N–H and O–H groups in total. The van der Waals surface area contributed by atoms with Crippen molar-refractivity contribution < 1.29 is 4.79 Å². The van der Waals surface area contributed by atoms with Crippen molar-refractivity contribution in [1.29, 1.82) is 0 Å². The van der Waals surface area contributed by atoms with E-state index in [1.54, 1.807) is 12.4 Å². The molecule has 2 atom stereocenters. The third kappa shape index (κ3) is 3.57. The maximum Gasteiger partial charge on any atom is 0.225 e. The van der Waals surface area contributed by atoms with Crippen LogP contribution in [-0.2, 0) is 4.79 Å². The molecule has 2 fully saturated rings. The Morgan fingerprint density at radius 2 is 2.15 bits per heavy atom. The Balaban J connectivity index is 1.44. The maximum atomic E-state index is 11.9. The molecule has 1 aliphatic carbocycles. The van der Waals surface area contributed by atoms with Crippen LogP contribution in [0.5, 0.6) is 0 Å². The molecule has 2 heterocycles. The second-order valence-electron chi connectivity index (χ2n) is 6.20. The lowest BCUT2D eigenvalue weighted by Crippen LogP contribution is -2.43. The number of nitrogens with zero attached hydrogens (tertiary/aromatic N) is 2. The Hall–Kier alpha value is -1.42. The molecule has 20 heavy (non-hydrogen) atoms. The SMILES string of the molecule is O=C(CCN1C[C@@H]2CCC[C@H](C2)C1)Nc1cccnc1. The number of hydrogen-bond acceptors (Lipinski definition) is 3. The van der Waals surface area contributed by atoms with Gasteiger partial charge in [-0.3, -0.25) is 9.78 Å². The number of anilines is 1. The van der Waals surface area contributed by atoms with Crippen LogP contribution in [0.25, 0.3) is 0 Å². The molecule has 1 saturated carbocycles. The normalized spacial score (nSPS) is 26.2. The van der Waals surface area contributed by atoms with Crippen molar-refractivity contribution >= 4 is 11.6 Å². The van der Waals surface area contributed by atoms with E-state index in [0.29, 0.717) is 6.42 Å². The van der Waals surface area contributed by atoms with Gasteiger partial charge in [0.2, 0.25) is 5.91 Å². The predicted octanol–water partition coefficient (Wildman–Crippen LogP) is 2.53. The van der Waals surface area contributed by atoms with Gasteiger partial charge in [0.25, 0.3) is 0 Å². The highest BCUT2D eigenvalue weighted by molar-refractivity contribution is 5.90. The third-order valence-electron chi connectivity index (χ3n) is 4.52. The van der Waals surface area contributed by atoms with Gasteiger partial charge in [0.05, 0.1) is 11.9 Å². The maximum absolute atomic E-state index is 11.9. The van der Waals surface area contributed by atoms with E-state index in [0.717, 1.165) is 24.1 Å². The standard InChI is InChI=1S/C16H23N3O/c20-16(18-15-5-2-7-17-10-15)6-8-19-11-13-3-1-4-14(9-13)12-19/h2,5,7,10,13-14H,1,3-4,6,8-9,11-12H2,(H,18,20)/t13-,14-/m1/s1. The van der Waals surface area contributed by atoms with Gasteiger partial charge in [0.15, 0.2) is 0 Å². The zero-order chi connectivity index (χ0) is 13.8. The van der Waals surface area contributed by atoms with Gasteiger partial charge in [-0.1, -0.05) is 6.42 Å². The summed E-state index contributed by atoms with van der Waals surface area (Å²) in [5.74, 6) is 1.85. The molecule has 4 heteroatoms. The molecule has 108 valence electrons. The number of carbonyl (C=O) groups is 1. The number of rotatable bonds is 4. The van der Waals surface area contributed by atoms with Crippen LogP contribution in [0, 0.1) is 11.8 Å². The number of piperidine rings is 1. The van der Waals surface area contributed by atoms with Crippen molar-refractivity contribution in [1.82, 2.24) is 9.88 Å². The Kier molecular flexibility index (Phi) is 4.31. The quantitative estimate of drug-likeness (QED) is 0.917. The van der Waals surface area contributed by atoms with Gasteiger partial charge in [0.1, 0.15) is 0 Å². The highest BCUT2D eigenvalue weighted by Gasteiger charge is 2.30. The Bertz CT molecular complexity index is 436. The van der Waals surface area contributed by atoms with Crippen LogP contribution in [-0.4, -0.2) is 35.4 Å². The van der Waals surface area contributed by atoms with Gasteiger partial charge in [-0.15, -0.1) is 0 Å². The fourth-order valence-electron chi connectivity index (χ4n) is 3.64. The predicted molar refractivity (Wildman–Crippen MR) is 79.4 cm³/mol. The summed E-state index contributed by atoms with van der Waals surface area (Å²) in [5.41, 5.74) is 0.785. The Labute approximate surface area is 120 Å². The second-order valence-corrected chi connectivity index (χ2v) is 6.20. The first-order chi connectivity index (χ1) is 9.79. The fourth-order valence-corrected chi connectivity index (χ4v) is 3.64. The molecule has 2 aliphatic rings. The van der Waals surface area contributed by atoms with E-state index in [1.165, 1.54) is 38.8 Å². The van der Waals surface area contributed by atoms with Crippen LogP contribution in [0.1, 0.15) is 32.1 Å². The van der Waals surface area contributed by atoms with Crippen LogP contribution in [0.4, 0.5) is 5.69 Å². The van der Waals surface area contributed by atoms with Crippen molar-refractivity contribution in [3.8, 4) is 0 Å². The number of hydrogen-bond donors (Lipinski definition) is 1. The van der Waals surface area contributed by atoms with Crippen molar-refractivity contribution in [2.75, 3.05) is 25.0 Å². The number of pyridine rings is 1. The number of carbonyl (C=O) groups excluding carboxylic acids is 1. The number of fused-ring (bicyclic) bond motifs is 2. The average Bonchev–Trinajstić information content (AvgIpc) is 2.46. The van der Waals surface area contributed by atoms with Crippen molar-refractivity contribution in [3.05, 3.63) is 24.5 Å². The lowest BCUT2D eigenvalue weighted by atomic mass is 9.78. The summed E-state index contributed by atoms with van der Waals surface area (Å²) in [7, 11) is 0. The molecule has 1 aromatic rings. The average molecular weight is 273 g/mol. The highest BCUT2D eigenvalue weighted by Crippen LogP contribution is 2.34. The monoisotopic (exact) mass is 273 g/mol. The molecule has 2 bridgehead atoms. The first-order valence-corrected chi connectivity index (χ1v) is 7.72. The van der Waals surface area contributed by atoms with Gasteiger partial charge >= 0.3 is 0 Å². The molecular weight excluding hydrogens is 250 g/mol. The van der Waals surface area contributed by atoms with E-state index in [4.69, 9.17) is 0 Å². The van der Waals surface area contributed by atoms with E-state index < -0.39 is 0 Å². The lowest BCUT2D eigenvalue weighted by Gasteiger charge is -2.41. The van der Waals surface area contributed by atoms with Crippen LogP contribution < -0.4 is 5.32 Å². The van der Waals surface area contributed by atoms with E-state index in [2.05, 4.69) is 15.2 Å². The summed E-state index contributed by atoms with van der Waals surface area (Å²) >= 11 is 0. The van der Waals surface area contributed by atoms with Gasteiger partial charge in [-0.2, -0.15) is 0 Å². The van der Waals surface area contributed by atoms with E-state index in [9.17, 15) is 4.79 Å². The van der Waals surface area contributed by atoms with E-state index >= 15 is 0 Å². The molecule has 0 unspecified atom stereocenters. The molecule has 1 aliphatic heterocycles. The van der Waals surface area contributed by atoms with E-state index in [-0.39, 0.29) is 5.91 Å². The molecule has 0 radical (unpaired) electrons. The van der Waals surface area contributed by atoms with Crippen LogP contribution in [0.2, 0.25) is 0 Å². The molecule has 3 rings (SSSR count). The summed E-state index contributed by atoms with van der Waals surface area (Å²) in [6.45, 7) is 3.27. The highest BCUT2D eigenvalue weighted by atomic mass is 16.1. The van der Waals surface area contributed by atoms with Crippen LogP contribution in [0.3, 0.4) is 0 Å². The Morgan fingerprint density at radius 1 is 1.35 bits per heavy atom. The summed E-state index contributed by atoms with van der Waals surface area (Å²) in [6, 6.07) is 3.71. The Morgan fingerprint density at radius 3 is 2.85 bits per heavy atom. The minimum absolute atomic E-state index is 0.0914. The summed E-state index contributed by atoms with van der Waals surface area (Å²) < 4.78 is 0. The summed E-state index contributed by atoms with van der Waals surface area (Å²) in [4.78, 5) is 18.4. The first kappa shape index (κ1) is 13.6. The van der Waals surface area contributed by atoms with Crippen molar-refractivity contribution in [3.63, 3.8) is 0 Å². The smallest absolute Gasteiger partial charge is 0.225 e. The minimum Gasteiger partial charge on any atom is -0.325 e. The number of aromatic nitrogens is 1. The molecule has 1 aromatic heterocycles. The van der Waals surface area contributed by atoms with Gasteiger partial charge in [0, 0.05) is 32.3 Å². The zero-order valence-corrected chi connectivity index (χ0v) is 11.9. The molecule has 0 spiro atoms. The molecule has 4 nitrogen and oxygen atoms in total. The van der Waals surface area contributed by atoms with Gasteiger partial charge < -0.3 is 10.2 Å². The van der Waals surface area contributed by atoms with Crippen LogP contribution >= 0.6 is 0 Å². The molecule has 1 saturated heterocycles. The number of likely N-dealkylation sites (tertiary alicyclic amines) is 1. The number of amides is 1. The molecular formula is C16H23N3O. The van der Waals surface area contributed by atoms with Crippen molar-refractivity contribution in [2.45, 2.75) is 32.1 Å². The summed E-state index contributed by atoms with van der Waals surface area (Å²) in [5, 5.41) is 2.90. The van der Waals surface area contributed by atoms with Crippen molar-refractivity contribution in [2.24, 2.45) is 11.8 Å². The van der Waals surface area contributed by atoms with E-state index in [1.807, 2.05) is 12.1 Å². The minimum atomic E-state index is 0.0914. The number of nitrogens with one attached hydrogen (secondary N) is 1. The first-order valence-electron chi connectivity index (χ1n) is 7.72. The third-order valence-corrected chi connectivity index (χ3v) is 4.52. The largest absolute Gasteiger partial charge is 0.325 e. The summed E-state index contributed by atoms with van der Waals surface area (Å²) in [6.07, 6.45) is 9.56.